The lowest BCUT2D eigenvalue weighted by Crippen LogP contribution is -2.38. The van der Waals surface area contributed by atoms with Crippen LogP contribution in [0.1, 0.15) is 18.4 Å². The fourth-order valence-corrected chi connectivity index (χ4v) is 3.04. The molecule has 0 bridgehead atoms. The second-order valence-electron chi connectivity index (χ2n) is 6.61. The van der Waals surface area contributed by atoms with Gasteiger partial charge >= 0.3 is 0 Å². The van der Waals surface area contributed by atoms with Crippen LogP contribution in [0, 0.1) is 0 Å². The number of nitrogens with zero attached hydrogens (tertiary/aromatic N) is 3. The zero-order chi connectivity index (χ0) is 18.4. The van der Waals surface area contributed by atoms with Gasteiger partial charge in [0.1, 0.15) is 5.75 Å². The van der Waals surface area contributed by atoms with E-state index < -0.39 is 0 Å². The van der Waals surface area contributed by atoms with Crippen LogP contribution in [-0.4, -0.2) is 60.5 Å². The predicted octanol–water partition coefficient (Wildman–Crippen LogP) is 1.61. The Hall–Kier alpha value is -2.38. The lowest BCUT2D eigenvalue weighted by Gasteiger charge is -2.16. The number of hydrogen-bond acceptors (Lipinski definition) is 5. The number of likely N-dealkylation sites (N-methyl/N-ethyl adjacent to an activating group) is 1. The van der Waals surface area contributed by atoms with E-state index in [0.29, 0.717) is 19.6 Å². The van der Waals surface area contributed by atoms with E-state index in [1.807, 2.05) is 53.3 Å². The molecule has 1 fully saturated rings. The molecular weight excluding hydrogens is 332 g/mol. The van der Waals surface area contributed by atoms with Crippen molar-refractivity contribution >= 4 is 5.91 Å². The van der Waals surface area contributed by atoms with Crippen LogP contribution in [0.5, 0.6) is 5.75 Å². The van der Waals surface area contributed by atoms with Gasteiger partial charge in [0.25, 0.3) is 0 Å². The van der Waals surface area contributed by atoms with Gasteiger partial charge in [-0.25, -0.2) is 4.68 Å². The molecule has 0 radical (unpaired) electrons. The molecule has 7 nitrogen and oxygen atoms in total. The molecule has 26 heavy (non-hydrogen) atoms. The zero-order valence-electron chi connectivity index (χ0n) is 15.4. The van der Waals surface area contributed by atoms with Crippen LogP contribution in [0.2, 0.25) is 0 Å². The molecule has 0 spiro atoms. The van der Waals surface area contributed by atoms with Crippen LogP contribution >= 0.6 is 0 Å². The van der Waals surface area contributed by atoms with Crippen LogP contribution in [0.15, 0.2) is 36.7 Å². The van der Waals surface area contributed by atoms with Crippen LogP contribution in [0.4, 0.5) is 0 Å². The molecule has 2 heterocycles. The molecule has 1 amide bonds. The number of amides is 1. The summed E-state index contributed by atoms with van der Waals surface area (Å²) in [5.74, 6) is 0.808. The Bertz CT molecular complexity index is 725. The topological polar surface area (TPSA) is 68.6 Å². The molecule has 0 aliphatic carbocycles. The molecule has 1 aromatic carbocycles. The highest BCUT2D eigenvalue weighted by atomic mass is 16.5. The molecule has 1 atom stereocenters. The summed E-state index contributed by atoms with van der Waals surface area (Å²) in [7, 11) is 3.57. The highest BCUT2D eigenvalue weighted by molar-refractivity contribution is 5.78. The van der Waals surface area contributed by atoms with E-state index in [0.717, 1.165) is 36.4 Å². The van der Waals surface area contributed by atoms with Gasteiger partial charge in [-0.3, -0.25) is 9.69 Å². The molecule has 1 aliphatic rings. The summed E-state index contributed by atoms with van der Waals surface area (Å²) in [4.78, 5) is 14.0. The average Bonchev–Trinajstić information content (AvgIpc) is 3.32. The maximum atomic E-state index is 12.1. The predicted molar refractivity (Wildman–Crippen MR) is 98.4 cm³/mol. The fraction of sp³-hybridized carbons (Fsp3) is 0.474. The van der Waals surface area contributed by atoms with Gasteiger partial charge in [-0.15, -0.1) is 0 Å². The minimum Gasteiger partial charge on any atom is -0.497 e. The number of nitrogens with one attached hydrogen (secondary N) is 1. The van der Waals surface area contributed by atoms with Crippen LogP contribution < -0.4 is 10.1 Å². The Labute approximate surface area is 153 Å². The summed E-state index contributed by atoms with van der Waals surface area (Å²) in [6, 6.07) is 7.73. The first-order chi connectivity index (χ1) is 12.6. The number of carbonyl (C=O) groups is 1. The van der Waals surface area contributed by atoms with Crippen molar-refractivity contribution in [3.05, 3.63) is 42.2 Å². The maximum Gasteiger partial charge on any atom is 0.234 e. The molecule has 3 rings (SSSR count). The van der Waals surface area contributed by atoms with Crippen molar-refractivity contribution in [1.82, 2.24) is 20.0 Å². The molecule has 1 aliphatic heterocycles. The first-order valence-corrected chi connectivity index (χ1v) is 8.89. The molecule has 1 N–H and O–H groups in total. The zero-order valence-corrected chi connectivity index (χ0v) is 15.4. The average molecular weight is 358 g/mol. The van der Waals surface area contributed by atoms with Gasteiger partial charge in [-0.2, -0.15) is 5.10 Å². The largest absolute Gasteiger partial charge is 0.497 e. The molecule has 2 aromatic rings. The number of hydrogen-bond donors (Lipinski definition) is 1. The van der Waals surface area contributed by atoms with Gasteiger partial charge in [0, 0.05) is 37.5 Å². The number of rotatable bonds is 8. The monoisotopic (exact) mass is 358 g/mol. The Balaban J connectivity index is 1.49. The van der Waals surface area contributed by atoms with Crippen molar-refractivity contribution in [2.45, 2.75) is 25.5 Å². The molecule has 140 valence electrons. The summed E-state index contributed by atoms with van der Waals surface area (Å²) in [6.07, 6.45) is 6.07. The van der Waals surface area contributed by atoms with Crippen molar-refractivity contribution in [2.75, 3.05) is 33.9 Å². The Morgan fingerprint density at radius 1 is 1.50 bits per heavy atom. The lowest BCUT2D eigenvalue weighted by molar-refractivity contribution is -0.122. The van der Waals surface area contributed by atoms with Gasteiger partial charge < -0.3 is 14.8 Å². The Morgan fingerprint density at radius 3 is 3.15 bits per heavy atom. The van der Waals surface area contributed by atoms with Crippen molar-refractivity contribution in [3.63, 3.8) is 0 Å². The number of methoxy groups -OCH3 is 1. The van der Waals surface area contributed by atoms with Gasteiger partial charge in [0.15, 0.2) is 0 Å². The summed E-state index contributed by atoms with van der Waals surface area (Å²) in [6.45, 7) is 2.40. The first-order valence-electron chi connectivity index (χ1n) is 8.89. The molecule has 1 saturated heterocycles. The number of carbonyl (C=O) groups excluding carboxylic acids is 1. The van der Waals surface area contributed by atoms with Gasteiger partial charge in [-0.05, 0) is 32.0 Å². The quantitative estimate of drug-likeness (QED) is 0.776. The third kappa shape index (κ3) is 5.06. The van der Waals surface area contributed by atoms with E-state index in [4.69, 9.17) is 9.47 Å². The molecular formula is C19H26N4O3. The third-order valence-electron chi connectivity index (χ3n) is 4.37. The Kier molecular flexibility index (Phi) is 6.25. The van der Waals surface area contributed by atoms with Gasteiger partial charge in [0.05, 0.1) is 31.6 Å². The number of benzene rings is 1. The van der Waals surface area contributed by atoms with E-state index >= 15 is 0 Å². The summed E-state index contributed by atoms with van der Waals surface area (Å²) >= 11 is 0. The fourth-order valence-electron chi connectivity index (χ4n) is 3.04. The van der Waals surface area contributed by atoms with Crippen molar-refractivity contribution in [1.29, 1.82) is 0 Å². The SMILES string of the molecule is COc1cccc(-n2cc(CN(C)CC(=O)NCC3CCCO3)cn2)c1. The van der Waals surface area contributed by atoms with Crippen molar-refractivity contribution < 1.29 is 14.3 Å². The highest BCUT2D eigenvalue weighted by Crippen LogP contribution is 2.16. The summed E-state index contributed by atoms with van der Waals surface area (Å²) < 4.78 is 12.6. The summed E-state index contributed by atoms with van der Waals surface area (Å²) in [5, 5.41) is 7.34. The summed E-state index contributed by atoms with van der Waals surface area (Å²) in [5.41, 5.74) is 1.98. The van der Waals surface area contributed by atoms with Crippen molar-refractivity contribution in [2.24, 2.45) is 0 Å². The van der Waals surface area contributed by atoms with E-state index in [2.05, 4.69) is 10.4 Å². The lowest BCUT2D eigenvalue weighted by atomic mass is 10.2. The number of aromatic nitrogens is 2. The molecule has 0 saturated carbocycles. The molecule has 1 unspecified atom stereocenters. The van der Waals surface area contributed by atoms with Crippen molar-refractivity contribution in [3.8, 4) is 11.4 Å². The van der Waals surface area contributed by atoms with Crippen LogP contribution in [0.3, 0.4) is 0 Å². The normalized spacial score (nSPS) is 16.8. The maximum absolute atomic E-state index is 12.1. The van der Waals surface area contributed by atoms with E-state index in [1.54, 1.807) is 7.11 Å². The smallest absolute Gasteiger partial charge is 0.234 e. The number of ether oxygens (including phenoxy) is 2. The van der Waals surface area contributed by atoms with Gasteiger partial charge in [0.2, 0.25) is 5.91 Å². The second-order valence-corrected chi connectivity index (χ2v) is 6.61. The Morgan fingerprint density at radius 2 is 2.38 bits per heavy atom. The minimum absolute atomic E-state index is 0.0168. The highest BCUT2D eigenvalue weighted by Gasteiger charge is 2.16. The molecule has 7 heteroatoms. The van der Waals surface area contributed by atoms with Crippen LogP contribution in [-0.2, 0) is 16.1 Å². The van der Waals surface area contributed by atoms with Crippen LogP contribution in [0.25, 0.3) is 5.69 Å². The van der Waals surface area contributed by atoms with E-state index in [-0.39, 0.29) is 12.0 Å². The first kappa shape index (κ1) is 18.4. The van der Waals surface area contributed by atoms with E-state index in [9.17, 15) is 4.79 Å². The second kappa shape index (κ2) is 8.82. The minimum atomic E-state index is 0.0168. The van der Waals surface area contributed by atoms with E-state index in [1.165, 1.54) is 0 Å². The van der Waals surface area contributed by atoms with Gasteiger partial charge in [-0.1, -0.05) is 6.07 Å². The molecule has 1 aromatic heterocycles. The standard InChI is InChI=1S/C19H26N4O3/c1-22(14-19(24)20-11-18-7-4-8-26-18)12-15-10-21-23(13-15)16-5-3-6-17(9-16)25-2/h3,5-6,9-10,13,18H,4,7-8,11-12,14H2,1-2H3,(H,20,24). The third-order valence-corrected chi connectivity index (χ3v) is 4.37.